The van der Waals surface area contributed by atoms with Crippen LogP contribution in [0.3, 0.4) is 0 Å². The third kappa shape index (κ3) is 2.71. The van der Waals surface area contributed by atoms with Gasteiger partial charge in [-0.15, -0.1) is 11.3 Å². The van der Waals surface area contributed by atoms with Gasteiger partial charge in [-0.1, -0.05) is 12.1 Å². The summed E-state index contributed by atoms with van der Waals surface area (Å²) >= 11 is 1.76. The average molecular weight is 300 g/mol. The van der Waals surface area contributed by atoms with Crippen LogP contribution in [0.4, 0.5) is 0 Å². The fourth-order valence-corrected chi connectivity index (χ4v) is 3.49. The molecule has 0 aliphatic heterocycles. The van der Waals surface area contributed by atoms with Crippen LogP contribution in [-0.2, 0) is 13.6 Å². The van der Waals surface area contributed by atoms with Crippen LogP contribution in [0.2, 0.25) is 0 Å². The van der Waals surface area contributed by atoms with Crippen LogP contribution in [0.25, 0.3) is 10.2 Å². The lowest BCUT2D eigenvalue weighted by molar-refractivity contribution is 0.569. The first-order chi connectivity index (χ1) is 10.1. The van der Waals surface area contributed by atoms with Gasteiger partial charge >= 0.3 is 0 Å². The number of aromatic nitrogens is 3. The highest BCUT2D eigenvalue weighted by molar-refractivity contribution is 7.18. The molecule has 0 saturated heterocycles. The maximum absolute atomic E-state index is 4.71. The molecule has 21 heavy (non-hydrogen) atoms. The van der Waals surface area contributed by atoms with Gasteiger partial charge in [0.15, 0.2) is 0 Å². The Hall–Kier alpha value is -1.72. The third-order valence-electron chi connectivity index (χ3n) is 3.92. The molecule has 0 aliphatic carbocycles. The molecule has 0 aliphatic rings. The molecule has 0 bridgehead atoms. The Bertz CT molecular complexity index is 739. The van der Waals surface area contributed by atoms with Crippen LogP contribution in [0.5, 0.6) is 0 Å². The van der Waals surface area contributed by atoms with Gasteiger partial charge in [0.1, 0.15) is 5.01 Å². The van der Waals surface area contributed by atoms with E-state index in [-0.39, 0.29) is 6.04 Å². The molecule has 2 heterocycles. The van der Waals surface area contributed by atoms with Crippen molar-refractivity contribution < 1.29 is 0 Å². The van der Waals surface area contributed by atoms with Gasteiger partial charge in [0.2, 0.25) is 0 Å². The molecule has 1 N–H and O–H groups in total. The molecule has 0 saturated carbocycles. The van der Waals surface area contributed by atoms with E-state index < -0.39 is 0 Å². The van der Waals surface area contributed by atoms with Crippen LogP contribution in [0, 0.1) is 13.8 Å². The molecule has 0 spiro atoms. The molecule has 0 amide bonds. The van der Waals surface area contributed by atoms with E-state index in [1.54, 1.807) is 11.3 Å². The molecule has 1 aromatic carbocycles. The van der Waals surface area contributed by atoms with Gasteiger partial charge in [0, 0.05) is 24.8 Å². The molecule has 1 atom stereocenters. The first kappa shape index (κ1) is 14.2. The standard InChI is InChI=1S/C16H20N4S/c1-10-13(12(3)20(4)19-10)9-17-11(2)16-18-14-7-5-6-8-15(14)21-16/h5-8,11,17H,9H2,1-4H3. The second kappa shape index (κ2) is 5.58. The van der Waals surface area contributed by atoms with Gasteiger partial charge < -0.3 is 5.32 Å². The van der Waals surface area contributed by atoms with Gasteiger partial charge in [0.25, 0.3) is 0 Å². The predicted molar refractivity (Wildman–Crippen MR) is 87.6 cm³/mol. The topological polar surface area (TPSA) is 42.7 Å². The fraction of sp³-hybridized carbons (Fsp3) is 0.375. The monoisotopic (exact) mass is 300 g/mol. The van der Waals surface area contributed by atoms with Crippen molar-refractivity contribution >= 4 is 21.6 Å². The Labute approximate surface area is 128 Å². The van der Waals surface area contributed by atoms with Crippen molar-refractivity contribution in [2.24, 2.45) is 7.05 Å². The molecular formula is C16H20N4S. The van der Waals surface area contributed by atoms with E-state index in [0.717, 1.165) is 22.8 Å². The summed E-state index contributed by atoms with van der Waals surface area (Å²) in [6.45, 7) is 7.16. The highest BCUT2D eigenvalue weighted by Gasteiger charge is 2.14. The molecule has 0 radical (unpaired) electrons. The number of nitrogens with one attached hydrogen (secondary N) is 1. The maximum Gasteiger partial charge on any atom is 0.111 e. The fourth-order valence-electron chi connectivity index (χ4n) is 2.49. The number of aryl methyl sites for hydroxylation is 2. The molecule has 110 valence electrons. The predicted octanol–water partition coefficient (Wildman–Crippen LogP) is 3.50. The van der Waals surface area contributed by atoms with E-state index in [4.69, 9.17) is 4.98 Å². The van der Waals surface area contributed by atoms with Crippen molar-refractivity contribution in [1.29, 1.82) is 0 Å². The Kier molecular flexibility index (Phi) is 3.78. The molecule has 2 aromatic heterocycles. The zero-order valence-electron chi connectivity index (χ0n) is 12.8. The minimum Gasteiger partial charge on any atom is -0.304 e. The minimum absolute atomic E-state index is 0.237. The summed E-state index contributed by atoms with van der Waals surface area (Å²) in [7, 11) is 1.99. The highest BCUT2D eigenvalue weighted by atomic mass is 32.1. The lowest BCUT2D eigenvalue weighted by Crippen LogP contribution is -2.18. The SMILES string of the molecule is Cc1nn(C)c(C)c1CNC(C)c1nc2ccccc2s1. The number of thiazole rings is 1. The second-order valence-corrected chi connectivity index (χ2v) is 6.46. The van der Waals surface area contributed by atoms with Crippen molar-refractivity contribution in [2.45, 2.75) is 33.4 Å². The molecule has 0 fully saturated rings. The summed E-state index contributed by atoms with van der Waals surface area (Å²) in [5.74, 6) is 0. The van der Waals surface area contributed by atoms with E-state index in [0.29, 0.717) is 0 Å². The van der Waals surface area contributed by atoms with E-state index in [1.165, 1.54) is 16.0 Å². The summed E-state index contributed by atoms with van der Waals surface area (Å²) in [5.41, 5.74) is 4.68. The van der Waals surface area contributed by atoms with Crippen LogP contribution in [0.15, 0.2) is 24.3 Å². The quantitative estimate of drug-likeness (QED) is 0.802. The minimum atomic E-state index is 0.237. The smallest absolute Gasteiger partial charge is 0.111 e. The zero-order chi connectivity index (χ0) is 15.0. The first-order valence-corrected chi connectivity index (χ1v) is 7.96. The third-order valence-corrected chi connectivity index (χ3v) is 5.14. The van der Waals surface area contributed by atoms with Crippen LogP contribution in [-0.4, -0.2) is 14.8 Å². The molecule has 3 aromatic rings. The molecular weight excluding hydrogens is 280 g/mol. The normalized spacial score (nSPS) is 13.0. The molecule has 4 nitrogen and oxygen atoms in total. The van der Waals surface area contributed by atoms with Gasteiger partial charge in [-0.3, -0.25) is 4.68 Å². The van der Waals surface area contributed by atoms with Crippen molar-refractivity contribution in [3.05, 3.63) is 46.2 Å². The summed E-state index contributed by atoms with van der Waals surface area (Å²) in [5, 5.41) is 9.16. The molecule has 5 heteroatoms. The van der Waals surface area contributed by atoms with Crippen molar-refractivity contribution in [3.63, 3.8) is 0 Å². The summed E-state index contributed by atoms with van der Waals surface area (Å²) in [4.78, 5) is 4.71. The molecule has 3 rings (SSSR count). The summed E-state index contributed by atoms with van der Waals surface area (Å²) in [6, 6.07) is 8.52. The van der Waals surface area contributed by atoms with Crippen LogP contribution in [0.1, 0.15) is 34.9 Å². The van der Waals surface area contributed by atoms with E-state index in [1.807, 2.05) is 17.8 Å². The van der Waals surface area contributed by atoms with Crippen molar-refractivity contribution in [2.75, 3.05) is 0 Å². The second-order valence-electron chi connectivity index (χ2n) is 5.40. The van der Waals surface area contributed by atoms with Crippen molar-refractivity contribution in [1.82, 2.24) is 20.1 Å². The zero-order valence-corrected chi connectivity index (χ0v) is 13.7. The lowest BCUT2D eigenvalue weighted by Gasteiger charge is -2.11. The van der Waals surface area contributed by atoms with Gasteiger partial charge in [0.05, 0.1) is 22.0 Å². The number of rotatable bonds is 4. The Morgan fingerprint density at radius 3 is 2.71 bits per heavy atom. The van der Waals surface area contributed by atoms with Crippen molar-refractivity contribution in [3.8, 4) is 0 Å². The van der Waals surface area contributed by atoms with Gasteiger partial charge in [-0.2, -0.15) is 5.10 Å². The number of benzene rings is 1. The largest absolute Gasteiger partial charge is 0.304 e. The maximum atomic E-state index is 4.71. The average Bonchev–Trinajstić information content (AvgIpc) is 2.99. The van der Waals surface area contributed by atoms with E-state index >= 15 is 0 Å². The number of para-hydroxylation sites is 1. The van der Waals surface area contributed by atoms with Crippen LogP contribution < -0.4 is 5.32 Å². The summed E-state index contributed by atoms with van der Waals surface area (Å²) in [6.07, 6.45) is 0. The molecule has 1 unspecified atom stereocenters. The number of hydrogen-bond acceptors (Lipinski definition) is 4. The van der Waals surface area contributed by atoms with E-state index in [9.17, 15) is 0 Å². The highest BCUT2D eigenvalue weighted by Crippen LogP contribution is 2.26. The number of nitrogens with zero attached hydrogens (tertiary/aromatic N) is 3. The summed E-state index contributed by atoms with van der Waals surface area (Å²) < 4.78 is 3.18. The van der Waals surface area contributed by atoms with Gasteiger partial charge in [-0.05, 0) is 32.9 Å². The number of fused-ring (bicyclic) bond motifs is 1. The Morgan fingerprint density at radius 1 is 1.29 bits per heavy atom. The van der Waals surface area contributed by atoms with Gasteiger partial charge in [-0.25, -0.2) is 4.98 Å². The Balaban J connectivity index is 1.75. The Morgan fingerprint density at radius 2 is 2.05 bits per heavy atom. The van der Waals surface area contributed by atoms with E-state index in [2.05, 4.69) is 49.4 Å². The lowest BCUT2D eigenvalue weighted by atomic mass is 10.2. The van der Waals surface area contributed by atoms with Crippen LogP contribution >= 0.6 is 11.3 Å². The first-order valence-electron chi connectivity index (χ1n) is 7.14. The number of hydrogen-bond donors (Lipinski definition) is 1.